The van der Waals surface area contributed by atoms with Gasteiger partial charge in [0.2, 0.25) is 0 Å². The van der Waals surface area contributed by atoms with Crippen LogP contribution in [0.2, 0.25) is 0 Å². The van der Waals surface area contributed by atoms with Crippen LogP contribution in [0.1, 0.15) is 0 Å². The minimum Gasteiger partial charge on any atom is -0.508 e. The fourth-order valence-corrected chi connectivity index (χ4v) is 1.39. The third-order valence-corrected chi connectivity index (χ3v) is 2.18. The molecule has 3 N–H and O–H groups in total. The maximum absolute atomic E-state index is 13.2. The second-order valence-corrected chi connectivity index (χ2v) is 3.29. The zero-order chi connectivity index (χ0) is 10.8. The number of halogens is 1. The molecule has 2 nitrogen and oxygen atoms in total. The number of nitrogens with two attached hydrogens (primary N) is 1. The van der Waals surface area contributed by atoms with E-state index in [0.29, 0.717) is 5.56 Å². The Hall–Kier alpha value is -2.03. The maximum atomic E-state index is 13.2. The predicted octanol–water partition coefficient (Wildman–Crippen LogP) is 2.78. The van der Waals surface area contributed by atoms with Crippen LogP contribution in [0.3, 0.4) is 0 Å². The molecule has 0 aliphatic heterocycles. The molecule has 0 fully saturated rings. The van der Waals surface area contributed by atoms with Crippen LogP contribution >= 0.6 is 0 Å². The lowest BCUT2D eigenvalue weighted by molar-refractivity contribution is 0.475. The number of phenolic OH excluding ortho intramolecular Hbond substituents is 1. The molecule has 2 rings (SSSR count). The summed E-state index contributed by atoms with van der Waals surface area (Å²) in [5, 5.41) is 9.28. The zero-order valence-electron chi connectivity index (χ0n) is 7.94. The number of hydrogen-bond donors (Lipinski definition) is 2. The molecular weight excluding hydrogens is 193 g/mol. The Morgan fingerprint density at radius 3 is 2.40 bits per heavy atom. The van der Waals surface area contributed by atoms with Crippen molar-refractivity contribution in [3.63, 3.8) is 0 Å². The Bertz CT molecular complexity index is 497. The van der Waals surface area contributed by atoms with Gasteiger partial charge in [-0.3, -0.25) is 0 Å². The lowest BCUT2D eigenvalue weighted by Gasteiger charge is -2.03. The minimum atomic E-state index is -0.448. The van der Waals surface area contributed by atoms with Gasteiger partial charge in [0.05, 0.1) is 5.69 Å². The molecule has 0 saturated carbocycles. The number of anilines is 1. The first-order valence-corrected chi connectivity index (χ1v) is 4.51. The fourth-order valence-electron chi connectivity index (χ4n) is 1.39. The maximum Gasteiger partial charge on any atom is 0.146 e. The van der Waals surface area contributed by atoms with Gasteiger partial charge in [0.15, 0.2) is 0 Å². The molecule has 2 aromatic carbocycles. The molecule has 0 heterocycles. The summed E-state index contributed by atoms with van der Waals surface area (Å²) in [5.41, 5.74) is 6.95. The van der Waals surface area contributed by atoms with Crippen molar-refractivity contribution in [2.45, 2.75) is 0 Å². The molecule has 0 bridgehead atoms. The molecule has 0 unspecified atom stereocenters. The van der Waals surface area contributed by atoms with E-state index in [9.17, 15) is 9.50 Å². The highest BCUT2D eigenvalue weighted by atomic mass is 19.1. The van der Waals surface area contributed by atoms with Gasteiger partial charge in [-0.25, -0.2) is 4.39 Å². The van der Waals surface area contributed by atoms with Crippen molar-refractivity contribution >= 4 is 5.69 Å². The van der Waals surface area contributed by atoms with Crippen molar-refractivity contribution < 1.29 is 9.50 Å². The van der Waals surface area contributed by atoms with E-state index in [0.717, 1.165) is 5.56 Å². The molecule has 0 atom stereocenters. The predicted molar refractivity (Wildman–Crippen MR) is 57.9 cm³/mol. The van der Waals surface area contributed by atoms with Crippen LogP contribution < -0.4 is 5.73 Å². The van der Waals surface area contributed by atoms with Crippen molar-refractivity contribution in [1.29, 1.82) is 0 Å². The van der Waals surface area contributed by atoms with Crippen molar-refractivity contribution in [1.82, 2.24) is 0 Å². The molecule has 0 aromatic heterocycles. The molecule has 0 spiro atoms. The first kappa shape index (κ1) is 9.52. The number of aromatic hydroxyl groups is 1. The molecule has 0 amide bonds. The SMILES string of the molecule is Nc1ccc(-c2cccc(O)c2)cc1F. The molecule has 0 aliphatic rings. The Labute approximate surface area is 86.8 Å². The van der Waals surface area contributed by atoms with Gasteiger partial charge in [0, 0.05) is 0 Å². The standard InChI is InChI=1S/C12H10FNO/c13-11-7-9(4-5-12(11)14)8-2-1-3-10(15)6-8/h1-7,15H,14H2. The Balaban J connectivity index is 2.50. The van der Waals surface area contributed by atoms with Crippen molar-refractivity contribution in [3.8, 4) is 16.9 Å². The highest BCUT2D eigenvalue weighted by molar-refractivity contribution is 5.67. The Kier molecular flexibility index (Phi) is 2.29. The van der Waals surface area contributed by atoms with Crippen molar-refractivity contribution in [2.24, 2.45) is 0 Å². The van der Waals surface area contributed by atoms with Gasteiger partial charge in [-0.15, -0.1) is 0 Å². The smallest absolute Gasteiger partial charge is 0.146 e. The Morgan fingerprint density at radius 2 is 1.73 bits per heavy atom. The molecule has 0 aliphatic carbocycles. The second kappa shape index (κ2) is 3.61. The summed E-state index contributed by atoms with van der Waals surface area (Å²) in [6.07, 6.45) is 0. The van der Waals surface area contributed by atoms with E-state index < -0.39 is 5.82 Å². The van der Waals surface area contributed by atoms with Gasteiger partial charge in [-0.05, 0) is 35.4 Å². The number of benzene rings is 2. The summed E-state index contributed by atoms with van der Waals surface area (Å²) in [5.74, 6) is -0.291. The molecule has 2 aromatic rings. The summed E-state index contributed by atoms with van der Waals surface area (Å²) < 4.78 is 13.2. The van der Waals surface area contributed by atoms with Crippen LogP contribution in [-0.4, -0.2) is 5.11 Å². The topological polar surface area (TPSA) is 46.2 Å². The Morgan fingerprint density at radius 1 is 1.00 bits per heavy atom. The van der Waals surface area contributed by atoms with Crippen LogP contribution in [-0.2, 0) is 0 Å². The molecular formula is C12H10FNO. The molecule has 76 valence electrons. The molecule has 15 heavy (non-hydrogen) atoms. The number of nitrogen functional groups attached to an aromatic ring is 1. The molecule has 0 radical (unpaired) electrons. The van der Waals surface area contributed by atoms with Crippen LogP contribution in [0, 0.1) is 5.82 Å². The van der Waals surface area contributed by atoms with Gasteiger partial charge >= 0.3 is 0 Å². The third kappa shape index (κ3) is 1.91. The summed E-state index contributed by atoms with van der Waals surface area (Å²) in [7, 11) is 0. The van der Waals surface area contributed by atoms with Gasteiger partial charge in [-0.1, -0.05) is 18.2 Å². The van der Waals surface area contributed by atoms with Crippen LogP contribution in [0.5, 0.6) is 5.75 Å². The highest BCUT2D eigenvalue weighted by Gasteiger charge is 2.02. The van der Waals surface area contributed by atoms with Gasteiger partial charge in [0.25, 0.3) is 0 Å². The van der Waals surface area contributed by atoms with E-state index >= 15 is 0 Å². The van der Waals surface area contributed by atoms with E-state index in [1.165, 1.54) is 12.1 Å². The summed E-state index contributed by atoms with van der Waals surface area (Å²) >= 11 is 0. The van der Waals surface area contributed by atoms with E-state index in [1.807, 2.05) is 0 Å². The largest absolute Gasteiger partial charge is 0.508 e. The van der Waals surface area contributed by atoms with E-state index in [1.54, 1.807) is 30.3 Å². The van der Waals surface area contributed by atoms with Crippen LogP contribution in [0.15, 0.2) is 42.5 Å². The second-order valence-electron chi connectivity index (χ2n) is 3.29. The zero-order valence-corrected chi connectivity index (χ0v) is 7.94. The number of phenols is 1. The van der Waals surface area contributed by atoms with E-state index in [2.05, 4.69) is 0 Å². The number of rotatable bonds is 1. The summed E-state index contributed by atoms with van der Waals surface area (Å²) in [4.78, 5) is 0. The monoisotopic (exact) mass is 203 g/mol. The highest BCUT2D eigenvalue weighted by Crippen LogP contribution is 2.25. The average Bonchev–Trinajstić information content (AvgIpc) is 2.22. The summed E-state index contributed by atoms with van der Waals surface area (Å²) in [6.45, 7) is 0. The molecule has 0 saturated heterocycles. The van der Waals surface area contributed by atoms with E-state index in [4.69, 9.17) is 5.73 Å². The summed E-state index contributed by atoms with van der Waals surface area (Å²) in [6, 6.07) is 11.2. The fraction of sp³-hybridized carbons (Fsp3) is 0. The molecule has 3 heteroatoms. The van der Waals surface area contributed by atoms with Gasteiger partial charge in [0.1, 0.15) is 11.6 Å². The minimum absolute atomic E-state index is 0.124. The lowest BCUT2D eigenvalue weighted by Crippen LogP contribution is -1.90. The van der Waals surface area contributed by atoms with Crippen LogP contribution in [0.4, 0.5) is 10.1 Å². The number of hydrogen-bond acceptors (Lipinski definition) is 2. The third-order valence-electron chi connectivity index (χ3n) is 2.18. The van der Waals surface area contributed by atoms with Crippen LogP contribution in [0.25, 0.3) is 11.1 Å². The normalized spacial score (nSPS) is 10.2. The van der Waals surface area contributed by atoms with Crippen molar-refractivity contribution in [3.05, 3.63) is 48.3 Å². The van der Waals surface area contributed by atoms with Crippen molar-refractivity contribution in [2.75, 3.05) is 5.73 Å². The van der Waals surface area contributed by atoms with Gasteiger partial charge in [-0.2, -0.15) is 0 Å². The first-order valence-electron chi connectivity index (χ1n) is 4.51. The van der Waals surface area contributed by atoms with E-state index in [-0.39, 0.29) is 11.4 Å². The lowest BCUT2D eigenvalue weighted by atomic mass is 10.1. The average molecular weight is 203 g/mol. The quantitative estimate of drug-likeness (QED) is 0.700. The first-order chi connectivity index (χ1) is 7.16. The van der Waals surface area contributed by atoms with Gasteiger partial charge < -0.3 is 10.8 Å².